The third-order valence-electron chi connectivity index (χ3n) is 2.24. The summed E-state index contributed by atoms with van der Waals surface area (Å²) < 4.78 is 0. The van der Waals surface area contributed by atoms with Crippen LogP contribution in [0.25, 0.3) is 11.4 Å². The minimum Gasteiger partial charge on any atom is -0.370 e. The van der Waals surface area contributed by atoms with Crippen LogP contribution in [0, 0.1) is 0 Å². The van der Waals surface area contributed by atoms with Gasteiger partial charge in [0.15, 0.2) is 5.82 Å². The van der Waals surface area contributed by atoms with E-state index in [0.29, 0.717) is 0 Å². The molecule has 1 aromatic heterocycles. The third kappa shape index (κ3) is 2.57. The maximum absolute atomic E-state index is 4.46. The van der Waals surface area contributed by atoms with Gasteiger partial charge < -0.3 is 5.32 Å². The van der Waals surface area contributed by atoms with Gasteiger partial charge in [0, 0.05) is 18.3 Å². The fourth-order valence-electron chi connectivity index (χ4n) is 1.44. The van der Waals surface area contributed by atoms with Crippen LogP contribution in [-0.4, -0.2) is 16.5 Å². The van der Waals surface area contributed by atoms with Gasteiger partial charge in [0.1, 0.15) is 5.82 Å². The van der Waals surface area contributed by atoms with Crippen LogP contribution in [0.3, 0.4) is 0 Å². The molecule has 0 amide bonds. The number of hydrogen-bond donors (Lipinski definition) is 1. The van der Waals surface area contributed by atoms with E-state index in [4.69, 9.17) is 0 Å². The number of nitrogens with zero attached hydrogens (tertiary/aromatic N) is 2. The van der Waals surface area contributed by atoms with Gasteiger partial charge in [-0.15, -0.1) is 0 Å². The van der Waals surface area contributed by atoms with E-state index in [9.17, 15) is 0 Å². The van der Waals surface area contributed by atoms with Crippen molar-refractivity contribution in [1.82, 2.24) is 9.97 Å². The average molecular weight is 213 g/mol. The third-order valence-corrected chi connectivity index (χ3v) is 2.24. The summed E-state index contributed by atoms with van der Waals surface area (Å²) in [6, 6.07) is 11.9. The molecule has 2 aromatic rings. The number of hydrogen-bond acceptors (Lipinski definition) is 3. The van der Waals surface area contributed by atoms with Gasteiger partial charge in [0.25, 0.3) is 0 Å². The van der Waals surface area contributed by atoms with E-state index in [1.54, 1.807) is 6.20 Å². The molecular formula is C13H15N3. The lowest BCUT2D eigenvalue weighted by Gasteiger charge is -2.05. The first-order valence-corrected chi connectivity index (χ1v) is 5.52. The van der Waals surface area contributed by atoms with Crippen LogP contribution >= 0.6 is 0 Å². The molecule has 3 heteroatoms. The summed E-state index contributed by atoms with van der Waals surface area (Å²) in [5.74, 6) is 1.65. The quantitative estimate of drug-likeness (QED) is 0.848. The Morgan fingerprint density at radius 2 is 1.94 bits per heavy atom. The smallest absolute Gasteiger partial charge is 0.161 e. The van der Waals surface area contributed by atoms with Gasteiger partial charge in [0.05, 0.1) is 0 Å². The summed E-state index contributed by atoms with van der Waals surface area (Å²) in [4.78, 5) is 8.72. The Hall–Kier alpha value is -1.90. The van der Waals surface area contributed by atoms with Crippen molar-refractivity contribution >= 4 is 5.82 Å². The molecule has 82 valence electrons. The summed E-state index contributed by atoms with van der Waals surface area (Å²) in [7, 11) is 0. The zero-order valence-electron chi connectivity index (χ0n) is 9.35. The second kappa shape index (κ2) is 5.26. The fraction of sp³-hybridized carbons (Fsp3) is 0.231. The molecule has 0 aliphatic carbocycles. The molecule has 16 heavy (non-hydrogen) atoms. The molecule has 0 fully saturated rings. The Morgan fingerprint density at radius 1 is 1.12 bits per heavy atom. The molecule has 1 heterocycles. The zero-order valence-corrected chi connectivity index (χ0v) is 9.35. The Morgan fingerprint density at radius 3 is 2.69 bits per heavy atom. The molecule has 0 atom stereocenters. The number of rotatable bonds is 4. The van der Waals surface area contributed by atoms with E-state index in [1.807, 2.05) is 36.4 Å². The lowest BCUT2D eigenvalue weighted by molar-refractivity contribution is 0.966. The molecule has 0 bridgehead atoms. The lowest BCUT2D eigenvalue weighted by Crippen LogP contribution is -2.02. The van der Waals surface area contributed by atoms with Crippen molar-refractivity contribution in [2.45, 2.75) is 13.3 Å². The molecule has 0 saturated heterocycles. The maximum Gasteiger partial charge on any atom is 0.161 e. The first kappa shape index (κ1) is 10.6. The van der Waals surface area contributed by atoms with Crippen molar-refractivity contribution in [1.29, 1.82) is 0 Å². The van der Waals surface area contributed by atoms with Crippen molar-refractivity contribution in [2.24, 2.45) is 0 Å². The van der Waals surface area contributed by atoms with Crippen LogP contribution in [0.15, 0.2) is 42.6 Å². The van der Waals surface area contributed by atoms with Crippen molar-refractivity contribution in [3.8, 4) is 11.4 Å². The van der Waals surface area contributed by atoms with E-state index < -0.39 is 0 Å². The van der Waals surface area contributed by atoms with E-state index in [0.717, 1.165) is 30.2 Å². The second-order valence-electron chi connectivity index (χ2n) is 3.56. The molecule has 1 aromatic carbocycles. The molecule has 0 spiro atoms. The van der Waals surface area contributed by atoms with Gasteiger partial charge in [-0.05, 0) is 12.5 Å². The average Bonchev–Trinajstić information content (AvgIpc) is 2.38. The number of aromatic nitrogens is 2. The summed E-state index contributed by atoms with van der Waals surface area (Å²) in [6.07, 6.45) is 2.87. The maximum atomic E-state index is 4.46. The van der Waals surface area contributed by atoms with Crippen LogP contribution in [-0.2, 0) is 0 Å². The highest BCUT2D eigenvalue weighted by atomic mass is 15.0. The van der Waals surface area contributed by atoms with Gasteiger partial charge in [-0.1, -0.05) is 37.3 Å². The van der Waals surface area contributed by atoms with Crippen molar-refractivity contribution < 1.29 is 0 Å². The van der Waals surface area contributed by atoms with Crippen LogP contribution in [0.5, 0.6) is 0 Å². The van der Waals surface area contributed by atoms with Gasteiger partial charge in [0.2, 0.25) is 0 Å². The molecule has 0 saturated carbocycles. The van der Waals surface area contributed by atoms with E-state index in [1.165, 1.54) is 0 Å². The van der Waals surface area contributed by atoms with Crippen LogP contribution in [0.1, 0.15) is 13.3 Å². The Kier molecular flexibility index (Phi) is 3.49. The lowest BCUT2D eigenvalue weighted by atomic mass is 10.2. The normalized spacial score (nSPS) is 10.1. The molecule has 0 aliphatic rings. The Bertz CT molecular complexity index is 440. The SMILES string of the molecule is CCCNc1ccnc(-c2ccccc2)n1. The van der Waals surface area contributed by atoms with Gasteiger partial charge in [-0.2, -0.15) is 0 Å². The summed E-state index contributed by atoms with van der Waals surface area (Å²) in [5.41, 5.74) is 1.04. The first-order chi connectivity index (χ1) is 7.90. The standard InChI is InChI=1S/C13H15N3/c1-2-9-14-12-8-10-15-13(16-12)11-6-4-3-5-7-11/h3-8,10H,2,9H2,1H3,(H,14,15,16). The minimum absolute atomic E-state index is 0.765. The summed E-state index contributed by atoms with van der Waals surface area (Å²) in [6.45, 7) is 3.07. The Labute approximate surface area is 95.6 Å². The highest BCUT2D eigenvalue weighted by Gasteiger charge is 2.00. The molecule has 1 N–H and O–H groups in total. The topological polar surface area (TPSA) is 37.8 Å². The molecule has 0 radical (unpaired) electrons. The van der Waals surface area contributed by atoms with E-state index in [-0.39, 0.29) is 0 Å². The molecular weight excluding hydrogens is 198 g/mol. The predicted octanol–water partition coefficient (Wildman–Crippen LogP) is 2.97. The van der Waals surface area contributed by atoms with E-state index >= 15 is 0 Å². The predicted molar refractivity (Wildman–Crippen MR) is 66.2 cm³/mol. The zero-order chi connectivity index (χ0) is 11.2. The largest absolute Gasteiger partial charge is 0.370 e. The molecule has 3 nitrogen and oxygen atoms in total. The fourth-order valence-corrected chi connectivity index (χ4v) is 1.44. The van der Waals surface area contributed by atoms with Crippen LogP contribution in [0.4, 0.5) is 5.82 Å². The Balaban J connectivity index is 2.22. The minimum atomic E-state index is 0.765. The summed E-state index contributed by atoms with van der Waals surface area (Å²) in [5, 5.41) is 3.25. The second-order valence-corrected chi connectivity index (χ2v) is 3.56. The number of benzene rings is 1. The number of anilines is 1. The number of nitrogens with one attached hydrogen (secondary N) is 1. The monoisotopic (exact) mass is 213 g/mol. The summed E-state index contributed by atoms with van der Waals surface area (Å²) >= 11 is 0. The van der Waals surface area contributed by atoms with Gasteiger partial charge >= 0.3 is 0 Å². The molecule has 0 aliphatic heterocycles. The van der Waals surface area contributed by atoms with Crippen molar-refractivity contribution in [2.75, 3.05) is 11.9 Å². The first-order valence-electron chi connectivity index (χ1n) is 5.52. The van der Waals surface area contributed by atoms with Crippen molar-refractivity contribution in [3.05, 3.63) is 42.6 Å². The van der Waals surface area contributed by atoms with Crippen LogP contribution in [0.2, 0.25) is 0 Å². The van der Waals surface area contributed by atoms with Crippen molar-refractivity contribution in [3.63, 3.8) is 0 Å². The highest BCUT2D eigenvalue weighted by molar-refractivity contribution is 5.56. The van der Waals surface area contributed by atoms with Gasteiger partial charge in [-0.25, -0.2) is 9.97 Å². The van der Waals surface area contributed by atoms with Gasteiger partial charge in [-0.3, -0.25) is 0 Å². The molecule has 2 rings (SSSR count). The molecule has 0 unspecified atom stereocenters. The van der Waals surface area contributed by atoms with E-state index in [2.05, 4.69) is 22.2 Å². The van der Waals surface area contributed by atoms with Crippen LogP contribution < -0.4 is 5.32 Å². The highest BCUT2D eigenvalue weighted by Crippen LogP contribution is 2.15.